The maximum Gasteiger partial charge on any atom is 0.134 e. The van der Waals surface area contributed by atoms with Crippen molar-refractivity contribution in [3.05, 3.63) is 10.0 Å². The predicted molar refractivity (Wildman–Crippen MR) is 63.8 cm³/mol. The molecule has 0 bridgehead atoms. The van der Waals surface area contributed by atoms with Crippen LogP contribution in [0.15, 0.2) is 0 Å². The molecule has 0 aliphatic rings. The lowest BCUT2D eigenvalue weighted by atomic mass is 10.2. The van der Waals surface area contributed by atoms with E-state index < -0.39 is 0 Å². The molecule has 1 heterocycles. The third-order valence-corrected chi connectivity index (χ3v) is 3.69. The van der Waals surface area contributed by atoms with Crippen LogP contribution in [0.4, 0.5) is 0 Å². The molecule has 0 aliphatic carbocycles. The molecular formula is C9H17N3S2. The number of hydrogen-bond donors (Lipinski definition) is 1. The first kappa shape index (κ1) is 11.9. The number of nitrogens with zero attached hydrogens (tertiary/aromatic N) is 2. The predicted octanol–water partition coefficient (Wildman–Crippen LogP) is 2.46. The van der Waals surface area contributed by atoms with Gasteiger partial charge in [-0.15, -0.1) is 10.2 Å². The van der Waals surface area contributed by atoms with Crippen molar-refractivity contribution in [2.24, 2.45) is 0 Å². The van der Waals surface area contributed by atoms with Gasteiger partial charge in [-0.3, -0.25) is 0 Å². The minimum atomic E-state index is 0.383. The first-order chi connectivity index (χ1) is 6.81. The molecule has 1 aromatic rings. The van der Waals surface area contributed by atoms with E-state index in [4.69, 9.17) is 0 Å². The normalized spacial score (nSPS) is 13.1. The zero-order chi connectivity index (χ0) is 10.4. The molecule has 3 nitrogen and oxygen atoms in total. The Morgan fingerprint density at radius 2 is 2.21 bits per heavy atom. The van der Waals surface area contributed by atoms with Gasteiger partial charge in [-0.1, -0.05) is 25.2 Å². The fourth-order valence-electron chi connectivity index (χ4n) is 1.24. The van der Waals surface area contributed by atoms with Crippen molar-refractivity contribution in [2.45, 2.75) is 32.1 Å². The van der Waals surface area contributed by atoms with Gasteiger partial charge in [-0.2, -0.15) is 11.8 Å². The molecule has 0 aromatic carbocycles. The summed E-state index contributed by atoms with van der Waals surface area (Å²) in [5.74, 6) is 0.972. The van der Waals surface area contributed by atoms with Crippen LogP contribution < -0.4 is 5.32 Å². The van der Waals surface area contributed by atoms with Crippen LogP contribution in [-0.2, 0) is 5.75 Å². The first-order valence-electron chi connectivity index (χ1n) is 4.86. The van der Waals surface area contributed by atoms with E-state index in [0.717, 1.165) is 28.7 Å². The molecule has 0 aliphatic heterocycles. The van der Waals surface area contributed by atoms with Crippen LogP contribution in [0.2, 0.25) is 0 Å². The Kier molecular flexibility index (Phi) is 5.44. The number of aromatic nitrogens is 2. The second kappa shape index (κ2) is 6.37. The Balaban J connectivity index is 2.63. The molecule has 0 fully saturated rings. The summed E-state index contributed by atoms with van der Waals surface area (Å²) in [4.78, 5) is 0. The lowest BCUT2D eigenvalue weighted by Gasteiger charge is -2.10. The largest absolute Gasteiger partial charge is 0.308 e. The SMILES string of the molecule is CCNC(CC)c1nnc(CSC)s1. The number of nitrogens with one attached hydrogen (secondary N) is 1. The first-order valence-corrected chi connectivity index (χ1v) is 7.07. The maximum atomic E-state index is 4.22. The molecule has 0 radical (unpaired) electrons. The molecule has 1 aromatic heterocycles. The van der Waals surface area contributed by atoms with Gasteiger partial charge < -0.3 is 5.32 Å². The molecule has 1 unspecified atom stereocenters. The van der Waals surface area contributed by atoms with Gasteiger partial charge >= 0.3 is 0 Å². The highest BCUT2D eigenvalue weighted by Gasteiger charge is 2.13. The highest BCUT2D eigenvalue weighted by Crippen LogP contribution is 2.22. The Bertz CT molecular complexity index is 262. The number of thioether (sulfide) groups is 1. The Morgan fingerprint density at radius 3 is 2.79 bits per heavy atom. The Morgan fingerprint density at radius 1 is 1.43 bits per heavy atom. The second-order valence-electron chi connectivity index (χ2n) is 2.99. The molecule has 0 spiro atoms. The summed E-state index contributed by atoms with van der Waals surface area (Å²) in [6.45, 7) is 5.27. The average Bonchev–Trinajstić information content (AvgIpc) is 2.63. The van der Waals surface area contributed by atoms with Crippen molar-refractivity contribution in [2.75, 3.05) is 12.8 Å². The lowest BCUT2D eigenvalue weighted by Crippen LogP contribution is -2.19. The number of hydrogen-bond acceptors (Lipinski definition) is 5. The van der Waals surface area contributed by atoms with E-state index in [1.165, 1.54) is 0 Å². The standard InChI is InChI=1S/C9H17N3S2/c1-4-7(10-5-2)9-12-11-8(14-9)6-13-3/h7,10H,4-6H2,1-3H3. The topological polar surface area (TPSA) is 37.8 Å². The molecule has 0 saturated heterocycles. The fraction of sp³-hybridized carbons (Fsp3) is 0.778. The quantitative estimate of drug-likeness (QED) is 0.816. The Labute approximate surface area is 93.7 Å². The van der Waals surface area contributed by atoms with E-state index in [-0.39, 0.29) is 0 Å². The molecule has 1 atom stereocenters. The monoisotopic (exact) mass is 231 g/mol. The maximum absolute atomic E-state index is 4.22. The van der Waals surface area contributed by atoms with E-state index >= 15 is 0 Å². The van der Waals surface area contributed by atoms with E-state index in [2.05, 4.69) is 35.6 Å². The van der Waals surface area contributed by atoms with E-state index in [0.29, 0.717) is 6.04 Å². The highest BCUT2D eigenvalue weighted by atomic mass is 32.2. The van der Waals surface area contributed by atoms with Crippen molar-refractivity contribution in [1.29, 1.82) is 0 Å². The zero-order valence-electron chi connectivity index (χ0n) is 8.91. The van der Waals surface area contributed by atoms with E-state index in [1.807, 2.05) is 0 Å². The van der Waals surface area contributed by atoms with Crippen LogP contribution in [0, 0.1) is 0 Å². The van der Waals surface area contributed by atoms with Crippen LogP contribution in [0.3, 0.4) is 0 Å². The molecular weight excluding hydrogens is 214 g/mol. The summed E-state index contributed by atoms with van der Waals surface area (Å²) in [5.41, 5.74) is 0. The van der Waals surface area contributed by atoms with Gasteiger partial charge in [-0.05, 0) is 19.2 Å². The summed E-state index contributed by atoms with van der Waals surface area (Å²) in [6, 6.07) is 0.383. The molecule has 0 amide bonds. The van der Waals surface area contributed by atoms with Gasteiger partial charge in [0.15, 0.2) is 0 Å². The van der Waals surface area contributed by atoms with E-state index in [9.17, 15) is 0 Å². The lowest BCUT2D eigenvalue weighted by molar-refractivity contribution is 0.531. The molecule has 14 heavy (non-hydrogen) atoms. The van der Waals surface area contributed by atoms with Crippen molar-refractivity contribution in [3.8, 4) is 0 Å². The molecule has 1 N–H and O–H groups in total. The van der Waals surface area contributed by atoms with Crippen molar-refractivity contribution < 1.29 is 0 Å². The Hall–Kier alpha value is -0.130. The van der Waals surface area contributed by atoms with Crippen molar-refractivity contribution in [1.82, 2.24) is 15.5 Å². The highest BCUT2D eigenvalue weighted by molar-refractivity contribution is 7.97. The molecule has 80 valence electrons. The molecule has 1 rings (SSSR count). The van der Waals surface area contributed by atoms with Crippen LogP contribution in [0.1, 0.15) is 36.3 Å². The second-order valence-corrected chi connectivity index (χ2v) is 4.95. The van der Waals surface area contributed by atoms with E-state index in [1.54, 1.807) is 23.1 Å². The molecule has 0 saturated carbocycles. The zero-order valence-corrected chi connectivity index (χ0v) is 10.5. The summed E-state index contributed by atoms with van der Waals surface area (Å²) >= 11 is 3.51. The van der Waals surface area contributed by atoms with Gasteiger partial charge in [0, 0.05) is 5.75 Å². The van der Waals surface area contributed by atoms with Gasteiger partial charge in [0.05, 0.1) is 6.04 Å². The summed E-state index contributed by atoms with van der Waals surface area (Å²) in [5, 5.41) is 14.0. The van der Waals surface area contributed by atoms with Crippen LogP contribution in [0.25, 0.3) is 0 Å². The van der Waals surface area contributed by atoms with Crippen molar-refractivity contribution in [3.63, 3.8) is 0 Å². The van der Waals surface area contributed by atoms with Crippen LogP contribution in [-0.4, -0.2) is 23.0 Å². The fourth-order valence-corrected chi connectivity index (χ4v) is 2.93. The van der Waals surface area contributed by atoms with Crippen LogP contribution in [0.5, 0.6) is 0 Å². The minimum Gasteiger partial charge on any atom is -0.308 e. The van der Waals surface area contributed by atoms with Gasteiger partial charge in [0.2, 0.25) is 0 Å². The van der Waals surface area contributed by atoms with Gasteiger partial charge in [0.1, 0.15) is 10.0 Å². The smallest absolute Gasteiger partial charge is 0.134 e. The van der Waals surface area contributed by atoms with Crippen LogP contribution >= 0.6 is 23.1 Å². The third kappa shape index (κ3) is 3.22. The van der Waals surface area contributed by atoms with Gasteiger partial charge in [0.25, 0.3) is 0 Å². The summed E-state index contributed by atoms with van der Waals surface area (Å²) < 4.78 is 0. The van der Waals surface area contributed by atoms with Gasteiger partial charge in [-0.25, -0.2) is 0 Å². The minimum absolute atomic E-state index is 0.383. The van der Waals surface area contributed by atoms with Crippen molar-refractivity contribution >= 4 is 23.1 Å². The number of rotatable bonds is 6. The molecule has 5 heteroatoms. The summed E-state index contributed by atoms with van der Waals surface area (Å²) in [7, 11) is 0. The average molecular weight is 231 g/mol. The third-order valence-electron chi connectivity index (χ3n) is 1.91. The summed E-state index contributed by atoms with van der Waals surface area (Å²) in [6.07, 6.45) is 3.16.